The number of benzene rings is 2. The largest absolute Gasteiger partial charge is 0.460 e. The highest BCUT2D eigenvalue weighted by Crippen LogP contribution is 2.58. The minimum atomic E-state index is -4.65. The van der Waals surface area contributed by atoms with Gasteiger partial charge in [0.25, 0.3) is 5.91 Å². The van der Waals surface area contributed by atoms with Crippen molar-refractivity contribution in [1.82, 2.24) is 15.7 Å². The number of ether oxygens (including phenoxy) is 5. The fourth-order valence-electron chi connectivity index (χ4n) is 9.31. The van der Waals surface area contributed by atoms with Crippen LogP contribution in [0.5, 0.6) is 0 Å². The molecule has 18 heteroatoms. The summed E-state index contributed by atoms with van der Waals surface area (Å²) < 4.78 is 67.0. The molecule has 2 bridgehead atoms. The summed E-state index contributed by atoms with van der Waals surface area (Å²) >= 11 is 0. The molecule has 15 nitrogen and oxygen atoms in total. The number of carbonyl (C=O) groups excluding carboxylic acids is 5. The number of rotatable bonds is 22. The first-order chi connectivity index (χ1) is 31.8. The monoisotopic (exact) mass is 943 g/mol. The molecule has 1 aliphatic carbocycles. The van der Waals surface area contributed by atoms with Gasteiger partial charge in [0, 0.05) is 43.9 Å². The fraction of sp³-hybridized carbons (Fsp3) is 0.612. The van der Waals surface area contributed by atoms with Gasteiger partial charge >= 0.3 is 24.1 Å². The van der Waals surface area contributed by atoms with Crippen molar-refractivity contribution in [3.8, 4) is 0 Å². The summed E-state index contributed by atoms with van der Waals surface area (Å²) in [6.45, 7) is 7.39. The Morgan fingerprint density at radius 3 is 2.28 bits per heavy atom. The van der Waals surface area contributed by atoms with Gasteiger partial charge in [0.2, 0.25) is 5.91 Å². The molecule has 0 spiro atoms. The van der Waals surface area contributed by atoms with Crippen LogP contribution in [0.25, 0.3) is 6.08 Å². The van der Waals surface area contributed by atoms with Crippen molar-refractivity contribution >= 4 is 35.8 Å². The van der Waals surface area contributed by atoms with Gasteiger partial charge < -0.3 is 39.4 Å². The van der Waals surface area contributed by atoms with Crippen molar-refractivity contribution in [2.45, 2.75) is 172 Å². The number of hydroxylamine groups is 2. The number of fused-ring (bicyclic) bond motifs is 4. The maximum Gasteiger partial charge on any atom is 0.422 e. The van der Waals surface area contributed by atoms with Crippen LogP contribution in [0.15, 0.2) is 54.6 Å². The second kappa shape index (κ2) is 22.0. The summed E-state index contributed by atoms with van der Waals surface area (Å²) in [5.74, 6) is -4.19. The number of hydrogen-bond donors (Lipinski definition) is 3. The number of alkyl halides is 3. The van der Waals surface area contributed by atoms with Crippen LogP contribution in [-0.4, -0.2) is 107 Å². The maximum absolute atomic E-state index is 15.0. The van der Waals surface area contributed by atoms with E-state index in [0.717, 1.165) is 44.6 Å². The Morgan fingerprint density at radius 1 is 0.955 bits per heavy atom. The predicted molar refractivity (Wildman–Crippen MR) is 236 cm³/mol. The van der Waals surface area contributed by atoms with Crippen molar-refractivity contribution in [2.24, 2.45) is 5.41 Å². The molecule has 7 atom stereocenters. The molecule has 2 aromatic carbocycles. The lowest BCUT2D eigenvalue weighted by Gasteiger charge is -2.48. The van der Waals surface area contributed by atoms with E-state index in [9.17, 15) is 42.3 Å². The van der Waals surface area contributed by atoms with E-state index >= 15 is 0 Å². The zero-order chi connectivity index (χ0) is 48.6. The van der Waals surface area contributed by atoms with Crippen LogP contribution >= 0.6 is 0 Å². The zero-order valence-corrected chi connectivity index (χ0v) is 38.9. The van der Waals surface area contributed by atoms with Crippen molar-refractivity contribution in [2.75, 3.05) is 13.2 Å². The maximum atomic E-state index is 15.0. The van der Waals surface area contributed by atoms with Gasteiger partial charge in [-0.1, -0.05) is 75.9 Å². The van der Waals surface area contributed by atoms with E-state index in [0.29, 0.717) is 29.5 Å². The van der Waals surface area contributed by atoms with Gasteiger partial charge in [0.1, 0.15) is 35.4 Å². The highest BCUT2D eigenvalue weighted by molar-refractivity contribution is 5.95. The molecule has 368 valence electrons. The Labute approximate surface area is 389 Å². The molecule has 2 aromatic rings. The summed E-state index contributed by atoms with van der Waals surface area (Å²) in [5.41, 5.74) is -0.180. The lowest BCUT2D eigenvalue weighted by molar-refractivity contribution is -0.224. The van der Waals surface area contributed by atoms with Crippen molar-refractivity contribution in [3.63, 3.8) is 0 Å². The molecule has 4 fully saturated rings. The molecule has 0 aromatic heterocycles. The average molecular weight is 944 g/mol. The first kappa shape index (κ1) is 51.5. The number of amides is 2. The second-order valence-electron chi connectivity index (χ2n) is 18.9. The van der Waals surface area contributed by atoms with Crippen LogP contribution in [0.3, 0.4) is 0 Å². The van der Waals surface area contributed by atoms with Crippen LogP contribution in [-0.2, 0) is 60.8 Å². The third-order valence-electron chi connectivity index (χ3n) is 12.4. The fourth-order valence-corrected chi connectivity index (χ4v) is 9.31. The van der Waals surface area contributed by atoms with Gasteiger partial charge in [0.15, 0.2) is 18.4 Å². The Bertz CT molecular complexity index is 2080. The topological polar surface area (TPSA) is 188 Å². The number of esters is 3. The van der Waals surface area contributed by atoms with Crippen LogP contribution in [0.1, 0.15) is 132 Å². The van der Waals surface area contributed by atoms with E-state index in [1.54, 1.807) is 69.3 Å². The number of hydrogen-bond acceptors (Lipinski definition) is 13. The third-order valence-corrected chi connectivity index (χ3v) is 12.4. The van der Waals surface area contributed by atoms with Gasteiger partial charge in [-0.05, 0) is 74.9 Å². The first-order valence-electron chi connectivity index (χ1n) is 23.3. The lowest BCUT2D eigenvalue weighted by atomic mass is 9.62. The van der Waals surface area contributed by atoms with E-state index < -0.39 is 102 Å². The molecular weight excluding hydrogens is 880 g/mol. The molecule has 4 aliphatic rings. The van der Waals surface area contributed by atoms with Gasteiger partial charge in [-0.2, -0.15) is 18.2 Å². The van der Waals surface area contributed by atoms with Crippen LogP contribution in [0.4, 0.5) is 13.2 Å². The number of nitrogens with one attached hydrogen (secondary N) is 2. The molecule has 6 rings (SSSR count). The first-order valence-corrected chi connectivity index (χ1v) is 23.3. The molecular formula is C49H64F3N3O12. The van der Waals surface area contributed by atoms with Gasteiger partial charge in [0.05, 0.1) is 19.2 Å². The normalized spacial score (nSPS) is 24.7. The van der Waals surface area contributed by atoms with Crippen LogP contribution in [0.2, 0.25) is 0 Å². The van der Waals surface area contributed by atoms with E-state index in [1.807, 2.05) is 0 Å². The van der Waals surface area contributed by atoms with Gasteiger partial charge in [-0.25, -0.2) is 4.79 Å². The second-order valence-corrected chi connectivity index (χ2v) is 18.9. The molecule has 2 amide bonds. The SMILES string of the molecule is CCCCCC1(CCCCC)OC2C3CC4(C(=O)NCc5cccc(C(=O)NC(CO)CCC(=O)OC(C)(C)C)c5)C(ON(Cc5ccc(C=CC(=O)OCC(F)(F)F)cc5)C4C(=O)O3)C2O1. The molecule has 3 heterocycles. The summed E-state index contributed by atoms with van der Waals surface area (Å²) in [6.07, 6.45) is 1.38. The van der Waals surface area contributed by atoms with E-state index in [1.165, 1.54) is 11.1 Å². The summed E-state index contributed by atoms with van der Waals surface area (Å²) in [7, 11) is 0. The van der Waals surface area contributed by atoms with Gasteiger partial charge in [-0.15, -0.1) is 0 Å². The summed E-state index contributed by atoms with van der Waals surface area (Å²) in [4.78, 5) is 73.5. The summed E-state index contributed by atoms with van der Waals surface area (Å²) in [5, 5.41) is 17.2. The summed E-state index contributed by atoms with van der Waals surface area (Å²) in [6, 6.07) is 11.4. The zero-order valence-electron chi connectivity index (χ0n) is 38.9. The number of aliphatic hydroxyl groups excluding tert-OH is 1. The lowest BCUT2D eigenvalue weighted by Crippen LogP contribution is -2.69. The number of unbranched alkanes of at least 4 members (excludes halogenated alkanes) is 4. The number of halogens is 3. The molecule has 3 aliphatic heterocycles. The Hall–Kier alpha value is -4.88. The quantitative estimate of drug-likeness (QED) is 0.0486. The van der Waals surface area contributed by atoms with E-state index in [-0.39, 0.29) is 37.9 Å². The van der Waals surface area contributed by atoms with Crippen molar-refractivity contribution < 1.29 is 70.8 Å². The molecule has 7 unspecified atom stereocenters. The molecule has 0 radical (unpaired) electrons. The van der Waals surface area contributed by atoms with E-state index in [4.69, 9.17) is 23.8 Å². The Kier molecular flexibility index (Phi) is 16.9. The standard InChI is InChI=1S/C49H64F3N3O12/c1-6-8-10-23-47(24-11-9-7-2)65-39-36-26-48(45(61)53-27-33-13-12-14-34(25-33)43(59)54-35(29-56)20-22-38(58)64-46(3,4)5)41(44(60)63-36)55(67-42(48)40(39)66-47)28-32-17-15-31(16-18-32)19-21-37(57)62-30-49(50,51)52/h12-19,21,25,35-36,39-42,56H,6-11,20,22-24,26-30H2,1-5H3,(H,53,61)(H,54,59). The highest BCUT2D eigenvalue weighted by atomic mass is 19.4. The predicted octanol–water partition coefficient (Wildman–Crippen LogP) is 6.78. The van der Waals surface area contributed by atoms with Gasteiger partial charge in [-0.3, -0.25) is 24.0 Å². The average Bonchev–Trinajstić information content (AvgIpc) is 3.83. The minimum Gasteiger partial charge on any atom is -0.460 e. The molecule has 1 saturated carbocycles. The van der Waals surface area contributed by atoms with Crippen molar-refractivity contribution in [1.29, 1.82) is 0 Å². The molecule has 3 saturated heterocycles. The van der Waals surface area contributed by atoms with Crippen LogP contribution in [0, 0.1) is 5.41 Å². The molecule has 3 N–H and O–H groups in total. The number of nitrogens with zero attached hydrogens (tertiary/aromatic N) is 1. The molecule has 67 heavy (non-hydrogen) atoms. The Balaban J connectivity index is 1.22. The van der Waals surface area contributed by atoms with Crippen molar-refractivity contribution in [3.05, 3.63) is 76.9 Å². The number of aliphatic hydroxyl groups is 1. The highest BCUT2D eigenvalue weighted by Gasteiger charge is 2.76. The minimum absolute atomic E-state index is 0.00579. The smallest absolute Gasteiger partial charge is 0.422 e. The van der Waals surface area contributed by atoms with E-state index in [2.05, 4.69) is 29.2 Å². The third kappa shape index (κ3) is 13.0. The number of carbonyl (C=O) groups is 5. The Morgan fingerprint density at radius 2 is 1.64 bits per heavy atom. The van der Waals surface area contributed by atoms with Crippen LogP contribution < -0.4 is 10.6 Å².